The molecule has 0 saturated carbocycles. The van der Waals surface area contributed by atoms with E-state index in [9.17, 15) is 0 Å². The summed E-state index contributed by atoms with van der Waals surface area (Å²) in [5, 5.41) is 3.53. The van der Waals surface area contributed by atoms with Gasteiger partial charge in [0.2, 0.25) is 0 Å². The maximum absolute atomic E-state index is 3.53. The highest BCUT2D eigenvalue weighted by molar-refractivity contribution is 7.99. The van der Waals surface area contributed by atoms with Gasteiger partial charge in [-0.2, -0.15) is 11.8 Å². The van der Waals surface area contributed by atoms with Crippen LogP contribution in [0.5, 0.6) is 0 Å². The predicted molar refractivity (Wildman–Crippen MR) is 78.1 cm³/mol. The van der Waals surface area contributed by atoms with Crippen LogP contribution in [-0.2, 0) is 0 Å². The molecule has 0 radical (unpaired) electrons. The van der Waals surface area contributed by atoms with Crippen molar-refractivity contribution in [2.45, 2.75) is 13.3 Å². The second-order valence-corrected chi connectivity index (χ2v) is 5.77. The molecule has 2 nitrogen and oxygen atoms in total. The molecular weight excluding hydrogens is 228 g/mol. The number of hydrogen-bond acceptors (Lipinski definition) is 3. The Balaban J connectivity index is 1.73. The van der Waals surface area contributed by atoms with Gasteiger partial charge in [0.1, 0.15) is 0 Å². The van der Waals surface area contributed by atoms with E-state index in [1.54, 1.807) is 0 Å². The van der Waals surface area contributed by atoms with Gasteiger partial charge in [0.25, 0.3) is 0 Å². The minimum Gasteiger partial charge on any atom is -0.384 e. The fraction of sp³-hybridized carbons (Fsp3) is 0.571. The molecule has 94 valence electrons. The lowest BCUT2D eigenvalue weighted by atomic mass is 10.2. The van der Waals surface area contributed by atoms with Crippen LogP contribution in [0.2, 0.25) is 0 Å². The first-order chi connectivity index (χ1) is 8.36. The zero-order valence-corrected chi connectivity index (χ0v) is 11.4. The van der Waals surface area contributed by atoms with Gasteiger partial charge >= 0.3 is 0 Å². The number of anilines is 1. The largest absolute Gasteiger partial charge is 0.384 e. The fourth-order valence-corrected chi connectivity index (χ4v) is 3.07. The molecule has 1 N–H and O–H groups in total. The minimum absolute atomic E-state index is 1.05. The van der Waals surface area contributed by atoms with Crippen molar-refractivity contribution in [3.63, 3.8) is 0 Å². The fourth-order valence-electron chi connectivity index (χ4n) is 2.14. The van der Waals surface area contributed by atoms with Crippen LogP contribution in [0.25, 0.3) is 0 Å². The number of benzene rings is 1. The maximum Gasteiger partial charge on any atom is 0.0370 e. The summed E-state index contributed by atoms with van der Waals surface area (Å²) in [5.41, 5.74) is 2.61. The molecule has 0 spiro atoms. The van der Waals surface area contributed by atoms with Crippen molar-refractivity contribution in [3.8, 4) is 0 Å². The molecule has 0 unspecified atom stereocenters. The van der Waals surface area contributed by atoms with Crippen LogP contribution in [0.4, 0.5) is 5.69 Å². The molecular formula is C14H22N2S. The van der Waals surface area contributed by atoms with E-state index in [4.69, 9.17) is 0 Å². The van der Waals surface area contributed by atoms with E-state index in [1.807, 2.05) is 0 Å². The average Bonchev–Trinajstić information content (AvgIpc) is 2.60. The molecule has 1 aliphatic heterocycles. The van der Waals surface area contributed by atoms with E-state index in [0.717, 1.165) is 13.1 Å². The summed E-state index contributed by atoms with van der Waals surface area (Å²) in [6, 6.07) is 8.50. The summed E-state index contributed by atoms with van der Waals surface area (Å²) >= 11 is 2.09. The highest BCUT2D eigenvalue weighted by Crippen LogP contribution is 2.13. The Labute approximate surface area is 109 Å². The summed E-state index contributed by atoms with van der Waals surface area (Å²) in [6.07, 6.45) is 1.34. The Morgan fingerprint density at radius 1 is 1.24 bits per heavy atom. The van der Waals surface area contributed by atoms with Gasteiger partial charge in [-0.25, -0.2) is 0 Å². The minimum atomic E-state index is 1.05. The van der Waals surface area contributed by atoms with Crippen LogP contribution in [0, 0.1) is 6.92 Å². The number of para-hydroxylation sites is 1. The second kappa shape index (κ2) is 6.92. The molecule has 0 aliphatic carbocycles. The number of nitrogens with one attached hydrogen (secondary N) is 1. The lowest BCUT2D eigenvalue weighted by Crippen LogP contribution is -2.31. The lowest BCUT2D eigenvalue weighted by Gasteiger charge is -2.20. The molecule has 3 heteroatoms. The Hall–Kier alpha value is -0.670. The van der Waals surface area contributed by atoms with Crippen molar-refractivity contribution < 1.29 is 0 Å². The summed E-state index contributed by atoms with van der Waals surface area (Å²) in [7, 11) is 0. The zero-order valence-electron chi connectivity index (χ0n) is 10.6. The Morgan fingerprint density at radius 3 is 3.00 bits per heavy atom. The highest BCUT2D eigenvalue weighted by atomic mass is 32.2. The van der Waals surface area contributed by atoms with Crippen molar-refractivity contribution in [3.05, 3.63) is 29.8 Å². The standard InChI is InChI=1S/C14H22N2S/c1-13-5-2-3-6-14(13)15-7-9-16-8-4-11-17-12-10-16/h2-3,5-6,15H,4,7-12H2,1H3. The zero-order chi connectivity index (χ0) is 11.9. The normalized spacial score (nSPS) is 17.7. The smallest absolute Gasteiger partial charge is 0.0370 e. The van der Waals surface area contributed by atoms with Crippen LogP contribution < -0.4 is 5.32 Å². The molecule has 1 fully saturated rings. The van der Waals surface area contributed by atoms with Gasteiger partial charge in [0.05, 0.1) is 0 Å². The molecule has 0 atom stereocenters. The molecule has 1 aliphatic rings. The van der Waals surface area contributed by atoms with Gasteiger partial charge in [-0.3, -0.25) is 0 Å². The van der Waals surface area contributed by atoms with Crippen molar-refractivity contribution in [2.75, 3.05) is 43.0 Å². The Bertz CT molecular complexity index is 333. The molecule has 1 aromatic rings. The predicted octanol–water partition coefficient (Wildman–Crippen LogP) is 2.85. The lowest BCUT2D eigenvalue weighted by molar-refractivity contribution is 0.307. The van der Waals surface area contributed by atoms with Crippen LogP contribution in [0.3, 0.4) is 0 Å². The molecule has 0 bridgehead atoms. The van der Waals surface area contributed by atoms with E-state index in [0.29, 0.717) is 0 Å². The molecule has 1 saturated heterocycles. The maximum atomic E-state index is 3.53. The van der Waals surface area contributed by atoms with Gasteiger partial charge in [-0.05, 0) is 37.3 Å². The number of hydrogen-bond donors (Lipinski definition) is 1. The van der Waals surface area contributed by atoms with E-state index >= 15 is 0 Å². The van der Waals surface area contributed by atoms with E-state index in [2.05, 4.69) is 53.2 Å². The van der Waals surface area contributed by atoms with Crippen molar-refractivity contribution >= 4 is 17.4 Å². The quantitative estimate of drug-likeness (QED) is 0.884. The van der Waals surface area contributed by atoms with Crippen LogP contribution >= 0.6 is 11.8 Å². The first kappa shape index (κ1) is 12.8. The first-order valence-electron chi connectivity index (χ1n) is 6.46. The topological polar surface area (TPSA) is 15.3 Å². The molecule has 0 amide bonds. The van der Waals surface area contributed by atoms with Gasteiger partial charge in [0.15, 0.2) is 0 Å². The second-order valence-electron chi connectivity index (χ2n) is 4.55. The monoisotopic (exact) mass is 250 g/mol. The Morgan fingerprint density at radius 2 is 2.12 bits per heavy atom. The van der Waals surface area contributed by atoms with Crippen molar-refractivity contribution in [1.82, 2.24) is 4.90 Å². The first-order valence-corrected chi connectivity index (χ1v) is 7.61. The van der Waals surface area contributed by atoms with Crippen LogP contribution in [-0.4, -0.2) is 42.6 Å². The average molecular weight is 250 g/mol. The molecule has 2 rings (SSSR count). The number of aryl methyl sites for hydroxylation is 1. The number of nitrogens with zero attached hydrogens (tertiary/aromatic N) is 1. The summed E-state index contributed by atoms with van der Waals surface area (Å²) in [4.78, 5) is 2.57. The van der Waals surface area contributed by atoms with E-state index in [-0.39, 0.29) is 0 Å². The third-order valence-electron chi connectivity index (χ3n) is 3.20. The molecule has 0 aromatic heterocycles. The summed E-state index contributed by atoms with van der Waals surface area (Å²) in [6.45, 7) is 6.89. The number of rotatable bonds is 4. The third-order valence-corrected chi connectivity index (χ3v) is 4.25. The molecule has 1 heterocycles. The Kier molecular flexibility index (Phi) is 5.20. The van der Waals surface area contributed by atoms with Crippen LogP contribution in [0.15, 0.2) is 24.3 Å². The van der Waals surface area contributed by atoms with Crippen LogP contribution in [0.1, 0.15) is 12.0 Å². The van der Waals surface area contributed by atoms with E-state index in [1.165, 1.54) is 42.3 Å². The molecule has 1 aromatic carbocycles. The highest BCUT2D eigenvalue weighted by Gasteiger charge is 2.08. The van der Waals surface area contributed by atoms with E-state index < -0.39 is 0 Å². The summed E-state index contributed by atoms with van der Waals surface area (Å²) < 4.78 is 0. The van der Waals surface area contributed by atoms with Gasteiger partial charge in [0, 0.05) is 31.1 Å². The summed E-state index contributed by atoms with van der Waals surface area (Å²) in [5.74, 6) is 2.63. The van der Waals surface area contributed by atoms with Crippen molar-refractivity contribution in [1.29, 1.82) is 0 Å². The molecule has 17 heavy (non-hydrogen) atoms. The van der Waals surface area contributed by atoms with Crippen molar-refractivity contribution in [2.24, 2.45) is 0 Å². The van der Waals surface area contributed by atoms with Gasteiger partial charge in [-0.15, -0.1) is 0 Å². The number of thioether (sulfide) groups is 1. The van der Waals surface area contributed by atoms with Gasteiger partial charge in [-0.1, -0.05) is 18.2 Å². The third kappa shape index (κ3) is 4.25. The SMILES string of the molecule is Cc1ccccc1NCCN1CCCSCC1. The van der Waals surface area contributed by atoms with Gasteiger partial charge < -0.3 is 10.2 Å².